The Morgan fingerprint density at radius 1 is 1.50 bits per heavy atom. The van der Waals surface area contributed by atoms with Gasteiger partial charge in [0.15, 0.2) is 5.69 Å². The van der Waals surface area contributed by atoms with Crippen LogP contribution in [0, 0.1) is 0 Å². The van der Waals surface area contributed by atoms with Gasteiger partial charge in [-0.15, -0.1) is 5.10 Å². The summed E-state index contributed by atoms with van der Waals surface area (Å²) < 4.78 is 7.15. The van der Waals surface area contributed by atoms with Gasteiger partial charge in [-0.3, -0.25) is 0 Å². The summed E-state index contributed by atoms with van der Waals surface area (Å²) in [6.45, 7) is 4.00. The molecule has 1 fully saturated rings. The Kier molecular flexibility index (Phi) is 4.30. The SMILES string of the molecule is CCCCOCCn1nnc(C(=O)O)c1C1CC1. The minimum atomic E-state index is -0.991. The van der Waals surface area contributed by atoms with Crippen molar-refractivity contribution in [3.05, 3.63) is 11.4 Å². The summed E-state index contributed by atoms with van der Waals surface area (Å²) in [5, 5.41) is 16.7. The average Bonchev–Trinajstić information content (AvgIpc) is 3.09. The molecule has 1 aliphatic carbocycles. The van der Waals surface area contributed by atoms with Crippen LogP contribution in [0.25, 0.3) is 0 Å². The van der Waals surface area contributed by atoms with Crippen molar-refractivity contribution in [2.45, 2.75) is 45.1 Å². The standard InChI is InChI=1S/C12H19N3O3/c1-2-3-7-18-8-6-15-11(9-4-5-9)10(12(16)17)13-14-15/h9H,2-8H2,1H3,(H,16,17). The van der Waals surface area contributed by atoms with E-state index in [-0.39, 0.29) is 5.69 Å². The van der Waals surface area contributed by atoms with Crippen LogP contribution in [0.1, 0.15) is 54.7 Å². The second-order valence-corrected chi connectivity index (χ2v) is 4.59. The number of carbonyl (C=O) groups is 1. The highest BCUT2D eigenvalue weighted by molar-refractivity contribution is 5.86. The van der Waals surface area contributed by atoms with E-state index in [1.807, 2.05) is 0 Å². The maximum absolute atomic E-state index is 11.0. The Hall–Kier alpha value is -1.43. The van der Waals surface area contributed by atoms with E-state index in [0.29, 0.717) is 19.1 Å². The Balaban J connectivity index is 1.93. The number of aromatic carboxylic acids is 1. The van der Waals surface area contributed by atoms with Crippen LogP contribution >= 0.6 is 0 Å². The minimum Gasteiger partial charge on any atom is -0.476 e. The summed E-state index contributed by atoms with van der Waals surface area (Å²) in [5.74, 6) is -0.670. The number of rotatable bonds is 8. The van der Waals surface area contributed by atoms with Crippen LogP contribution in [0.3, 0.4) is 0 Å². The largest absolute Gasteiger partial charge is 0.476 e. The Morgan fingerprint density at radius 3 is 2.89 bits per heavy atom. The van der Waals surface area contributed by atoms with Crippen LogP contribution < -0.4 is 0 Å². The van der Waals surface area contributed by atoms with Crippen molar-refractivity contribution in [1.29, 1.82) is 0 Å². The molecule has 1 saturated carbocycles. The van der Waals surface area contributed by atoms with E-state index in [4.69, 9.17) is 9.84 Å². The van der Waals surface area contributed by atoms with E-state index in [1.54, 1.807) is 4.68 Å². The third-order valence-corrected chi connectivity index (χ3v) is 3.03. The normalized spacial score (nSPS) is 14.9. The minimum absolute atomic E-state index is 0.103. The second-order valence-electron chi connectivity index (χ2n) is 4.59. The van der Waals surface area contributed by atoms with Crippen molar-refractivity contribution < 1.29 is 14.6 Å². The van der Waals surface area contributed by atoms with Crippen molar-refractivity contribution in [3.63, 3.8) is 0 Å². The molecular weight excluding hydrogens is 234 g/mol. The monoisotopic (exact) mass is 253 g/mol. The highest BCUT2D eigenvalue weighted by Crippen LogP contribution is 2.41. The number of carboxylic acids is 1. The fourth-order valence-corrected chi connectivity index (χ4v) is 1.90. The molecule has 0 unspecified atom stereocenters. The molecule has 6 nitrogen and oxygen atoms in total. The lowest BCUT2D eigenvalue weighted by Gasteiger charge is -2.06. The molecule has 2 rings (SSSR count). The first-order valence-electron chi connectivity index (χ1n) is 6.48. The van der Waals surface area contributed by atoms with Gasteiger partial charge in [0.2, 0.25) is 0 Å². The summed E-state index contributed by atoms with van der Waals surface area (Å²) in [6, 6.07) is 0. The second kappa shape index (κ2) is 5.95. The summed E-state index contributed by atoms with van der Waals surface area (Å²) in [6.07, 6.45) is 4.22. The predicted molar refractivity (Wildman–Crippen MR) is 64.7 cm³/mol. The summed E-state index contributed by atoms with van der Waals surface area (Å²) in [4.78, 5) is 11.0. The Labute approximate surface area is 106 Å². The molecule has 100 valence electrons. The summed E-state index contributed by atoms with van der Waals surface area (Å²) >= 11 is 0. The van der Waals surface area contributed by atoms with Gasteiger partial charge in [-0.2, -0.15) is 0 Å². The van der Waals surface area contributed by atoms with Gasteiger partial charge in [-0.25, -0.2) is 9.48 Å². The highest BCUT2D eigenvalue weighted by atomic mass is 16.5. The van der Waals surface area contributed by atoms with Gasteiger partial charge in [0, 0.05) is 12.5 Å². The maximum atomic E-state index is 11.0. The van der Waals surface area contributed by atoms with E-state index in [1.165, 1.54) is 0 Å². The topological polar surface area (TPSA) is 77.2 Å². The van der Waals surface area contributed by atoms with Gasteiger partial charge in [0.05, 0.1) is 18.8 Å². The van der Waals surface area contributed by atoms with Gasteiger partial charge in [-0.1, -0.05) is 18.6 Å². The molecule has 0 atom stereocenters. The molecule has 6 heteroatoms. The molecular formula is C12H19N3O3. The van der Waals surface area contributed by atoms with Crippen LogP contribution in [-0.2, 0) is 11.3 Å². The summed E-state index contributed by atoms with van der Waals surface area (Å²) in [7, 11) is 0. The third-order valence-electron chi connectivity index (χ3n) is 3.03. The van der Waals surface area contributed by atoms with Crippen LogP contribution in [0.4, 0.5) is 0 Å². The van der Waals surface area contributed by atoms with Crippen molar-refractivity contribution in [3.8, 4) is 0 Å². The van der Waals surface area contributed by atoms with Crippen LogP contribution in [0.5, 0.6) is 0 Å². The van der Waals surface area contributed by atoms with Gasteiger partial charge in [0.1, 0.15) is 0 Å². The zero-order chi connectivity index (χ0) is 13.0. The molecule has 0 bridgehead atoms. The number of carboxylic acid groups (broad SMARTS) is 1. The quantitative estimate of drug-likeness (QED) is 0.713. The van der Waals surface area contributed by atoms with Gasteiger partial charge >= 0.3 is 5.97 Å². The van der Waals surface area contributed by atoms with Gasteiger partial charge < -0.3 is 9.84 Å². The molecule has 0 saturated heterocycles. The number of unbranched alkanes of at least 4 members (excludes halogenated alkanes) is 1. The van der Waals surface area contributed by atoms with Crippen molar-refractivity contribution in [1.82, 2.24) is 15.0 Å². The van der Waals surface area contributed by atoms with E-state index in [0.717, 1.165) is 38.0 Å². The molecule has 0 amide bonds. The predicted octanol–water partition coefficient (Wildman–Crippen LogP) is 1.67. The maximum Gasteiger partial charge on any atom is 0.358 e. The molecule has 1 aromatic heterocycles. The average molecular weight is 253 g/mol. The Bertz CT molecular complexity index is 413. The van der Waals surface area contributed by atoms with E-state index < -0.39 is 5.97 Å². The van der Waals surface area contributed by atoms with E-state index >= 15 is 0 Å². The molecule has 1 aromatic rings. The lowest BCUT2D eigenvalue weighted by Crippen LogP contribution is -2.12. The number of nitrogens with zero attached hydrogens (tertiary/aromatic N) is 3. The first-order valence-corrected chi connectivity index (χ1v) is 6.48. The van der Waals surface area contributed by atoms with Gasteiger partial charge in [0.25, 0.3) is 0 Å². The van der Waals surface area contributed by atoms with Crippen LogP contribution in [0.2, 0.25) is 0 Å². The van der Waals surface area contributed by atoms with Crippen molar-refractivity contribution in [2.24, 2.45) is 0 Å². The molecule has 18 heavy (non-hydrogen) atoms. The zero-order valence-electron chi connectivity index (χ0n) is 10.6. The highest BCUT2D eigenvalue weighted by Gasteiger charge is 2.33. The number of hydrogen-bond donors (Lipinski definition) is 1. The van der Waals surface area contributed by atoms with E-state index in [2.05, 4.69) is 17.2 Å². The fraction of sp³-hybridized carbons (Fsp3) is 0.750. The Morgan fingerprint density at radius 2 is 2.28 bits per heavy atom. The third kappa shape index (κ3) is 3.07. The van der Waals surface area contributed by atoms with Gasteiger partial charge in [-0.05, 0) is 19.3 Å². The molecule has 0 aliphatic heterocycles. The number of ether oxygens (including phenoxy) is 1. The molecule has 0 spiro atoms. The lowest BCUT2D eigenvalue weighted by molar-refractivity contribution is 0.0688. The number of hydrogen-bond acceptors (Lipinski definition) is 4. The first kappa shape index (κ1) is 13.0. The van der Waals surface area contributed by atoms with E-state index in [9.17, 15) is 4.79 Å². The molecule has 0 aromatic carbocycles. The van der Waals surface area contributed by atoms with Crippen LogP contribution in [0.15, 0.2) is 0 Å². The van der Waals surface area contributed by atoms with Crippen molar-refractivity contribution in [2.75, 3.05) is 13.2 Å². The molecule has 1 N–H and O–H groups in total. The molecule has 0 radical (unpaired) electrons. The van der Waals surface area contributed by atoms with Crippen molar-refractivity contribution >= 4 is 5.97 Å². The zero-order valence-corrected chi connectivity index (χ0v) is 10.6. The number of aromatic nitrogens is 3. The summed E-state index contributed by atoms with van der Waals surface area (Å²) in [5.41, 5.74) is 0.868. The lowest BCUT2D eigenvalue weighted by atomic mass is 10.2. The smallest absolute Gasteiger partial charge is 0.358 e. The molecule has 1 heterocycles. The fourth-order valence-electron chi connectivity index (χ4n) is 1.90. The first-order chi connectivity index (χ1) is 8.74. The van der Waals surface area contributed by atoms with Crippen LogP contribution in [-0.4, -0.2) is 39.3 Å². The molecule has 1 aliphatic rings.